The molecule has 4 rings (SSSR count). The van der Waals surface area contributed by atoms with Crippen LogP contribution in [0.25, 0.3) is 11.9 Å². The Morgan fingerprint density at radius 2 is 1.85 bits per heavy atom. The minimum Gasteiger partial charge on any atom is -0.356 e. The normalized spacial score (nSPS) is 14.9. The third kappa shape index (κ3) is 2.94. The first-order chi connectivity index (χ1) is 12.5. The molecule has 1 aliphatic rings. The fourth-order valence-electron chi connectivity index (χ4n) is 3.37. The maximum absolute atomic E-state index is 13.4. The number of piperidine rings is 1. The summed E-state index contributed by atoms with van der Waals surface area (Å²) in [7, 11) is 0. The third-order valence-corrected chi connectivity index (χ3v) is 4.90. The van der Waals surface area contributed by atoms with Crippen LogP contribution >= 0.6 is 0 Å². The molecule has 0 spiro atoms. The average molecular weight is 355 g/mol. The Bertz CT molecular complexity index is 999. The molecule has 0 N–H and O–H groups in total. The van der Waals surface area contributed by atoms with Crippen LogP contribution in [0.5, 0.6) is 0 Å². The Morgan fingerprint density at radius 1 is 1.08 bits per heavy atom. The van der Waals surface area contributed by atoms with Crippen molar-refractivity contribution in [1.29, 1.82) is 0 Å². The van der Waals surface area contributed by atoms with E-state index in [1.54, 1.807) is 10.6 Å². The number of aromatic nitrogens is 4. The molecule has 0 saturated carbocycles. The molecule has 1 saturated heterocycles. The van der Waals surface area contributed by atoms with Gasteiger partial charge in [0.15, 0.2) is 11.6 Å². The van der Waals surface area contributed by atoms with Crippen molar-refractivity contribution in [3.8, 4) is 0 Å². The molecule has 7 heteroatoms. The van der Waals surface area contributed by atoms with Crippen molar-refractivity contribution < 1.29 is 8.78 Å². The fourth-order valence-corrected chi connectivity index (χ4v) is 3.37. The van der Waals surface area contributed by atoms with E-state index in [2.05, 4.69) is 20.0 Å². The second-order valence-corrected chi connectivity index (χ2v) is 6.58. The van der Waals surface area contributed by atoms with Gasteiger partial charge in [-0.15, -0.1) is 0 Å². The first-order valence-electron chi connectivity index (χ1n) is 8.59. The Labute approximate surface area is 150 Å². The van der Waals surface area contributed by atoms with Gasteiger partial charge in [-0.25, -0.2) is 13.8 Å². The van der Waals surface area contributed by atoms with Crippen LogP contribution < -0.4 is 4.90 Å². The molecule has 0 bridgehead atoms. The minimum absolute atomic E-state index is 0.603. The molecule has 0 unspecified atom stereocenters. The zero-order valence-corrected chi connectivity index (χ0v) is 14.7. The van der Waals surface area contributed by atoms with Crippen LogP contribution in [0.2, 0.25) is 0 Å². The standard InChI is InChI=1S/C19H19F2N5/c1-12-13(2)24-19-22-11-23-26(19)18(12)25-7-5-14(6-8-25)9-15-3-4-16(20)17(21)10-15/h3-4,9-11H,5-8H2,1-2H3. The van der Waals surface area contributed by atoms with Gasteiger partial charge in [-0.1, -0.05) is 17.7 Å². The molecule has 2 aromatic heterocycles. The lowest BCUT2D eigenvalue weighted by atomic mass is 10.0. The lowest BCUT2D eigenvalue weighted by molar-refractivity contribution is 0.508. The van der Waals surface area contributed by atoms with E-state index in [4.69, 9.17) is 0 Å². The first-order valence-corrected chi connectivity index (χ1v) is 8.59. The Kier molecular flexibility index (Phi) is 4.14. The zero-order valence-electron chi connectivity index (χ0n) is 14.7. The molecule has 1 aromatic carbocycles. The number of rotatable bonds is 2. The van der Waals surface area contributed by atoms with Gasteiger partial charge in [0.1, 0.15) is 12.1 Å². The smallest absolute Gasteiger partial charge is 0.254 e. The van der Waals surface area contributed by atoms with E-state index in [1.807, 2.05) is 19.9 Å². The topological polar surface area (TPSA) is 46.3 Å². The molecule has 1 fully saturated rings. The van der Waals surface area contributed by atoms with Crippen LogP contribution in [0.1, 0.15) is 29.7 Å². The monoisotopic (exact) mass is 355 g/mol. The molecule has 0 atom stereocenters. The van der Waals surface area contributed by atoms with Crippen LogP contribution in [0.3, 0.4) is 0 Å². The van der Waals surface area contributed by atoms with E-state index in [-0.39, 0.29) is 0 Å². The second-order valence-electron chi connectivity index (χ2n) is 6.58. The number of nitrogens with zero attached hydrogens (tertiary/aromatic N) is 5. The molecule has 0 radical (unpaired) electrons. The van der Waals surface area contributed by atoms with Crippen molar-refractivity contribution in [3.63, 3.8) is 0 Å². The molecule has 0 aliphatic carbocycles. The fraction of sp³-hybridized carbons (Fsp3) is 0.316. The van der Waals surface area contributed by atoms with E-state index in [1.165, 1.54) is 24.0 Å². The van der Waals surface area contributed by atoms with E-state index >= 15 is 0 Å². The van der Waals surface area contributed by atoms with E-state index in [0.717, 1.165) is 43.0 Å². The van der Waals surface area contributed by atoms with Crippen LogP contribution in [0, 0.1) is 25.5 Å². The molecular formula is C19H19F2N5. The number of hydrogen-bond acceptors (Lipinski definition) is 4. The molecular weight excluding hydrogens is 336 g/mol. The molecule has 3 heterocycles. The van der Waals surface area contributed by atoms with Crippen molar-refractivity contribution in [1.82, 2.24) is 19.6 Å². The lowest BCUT2D eigenvalue weighted by Gasteiger charge is -2.31. The molecule has 3 aromatic rings. The SMILES string of the molecule is Cc1nc2ncnn2c(N2CCC(=Cc3ccc(F)c(F)c3)CC2)c1C. The molecule has 0 amide bonds. The van der Waals surface area contributed by atoms with Gasteiger partial charge < -0.3 is 4.90 Å². The number of benzene rings is 1. The van der Waals surface area contributed by atoms with Crippen molar-refractivity contribution in [2.45, 2.75) is 26.7 Å². The van der Waals surface area contributed by atoms with E-state index in [0.29, 0.717) is 11.3 Å². The van der Waals surface area contributed by atoms with Gasteiger partial charge in [-0.2, -0.15) is 14.6 Å². The molecule has 5 nitrogen and oxygen atoms in total. The summed E-state index contributed by atoms with van der Waals surface area (Å²) in [6.07, 6.45) is 5.19. The quantitative estimate of drug-likeness (QED) is 0.703. The summed E-state index contributed by atoms with van der Waals surface area (Å²) in [5.41, 5.74) is 3.96. The molecule has 134 valence electrons. The molecule has 1 aliphatic heterocycles. The summed E-state index contributed by atoms with van der Waals surface area (Å²) in [5.74, 6) is -0.00120. The summed E-state index contributed by atoms with van der Waals surface area (Å²) in [5, 5.41) is 4.31. The zero-order chi connectivity index (χ0) is 18.3. The largest absolute Gasteiger partial charge is 0.356 e. The van der Waals surface area contributed by atoms with Crippen molar-refractivity contribution in [2.24, 2.45) is 0 Å². The van der Waals surface area contributed by atoms with Crippen molar-refractivity contribution >= 4 is 17.7 Å². The van der Waals surface area contributed by atoms with Gasteiger partial charge in [0, 0.05) is 24.3 Å². The minimum atomic E-state index is -0.817. The highest BCUT2D eigenvalue weighted by atomic mass is 19.2. The second kappa shape index (κ2) is 6.48. The predicted octanol–water partition coefficient (Wildman–Crippen LogP) is 3.70. The van der Waals surface area contributed by atoms with Gasteiger partial charge >= 0.3 is 0 Å². The van der Waals surface area contributed by atoms with Gasteiger partial charge in [0.2, 0.25) is 0 Å². The third-order valence-electron chi connectivity index (χ3n) is 4.90. The van der Waals surface area contributed by atoms with Crippen molar-refractivity contribution in [2.75, 3.05) is 18.0 Å². The maximum Gasteiger partial charge on any atom is 0.254 e. The summed E-state index contributed by atoms with van der Waals surface area (Å²) in [4.78, 5) is 10.9. The highest BCUT2D eigenvalue weighted by Crippen LogP contribution is 2.28. The number of fused-ring (bicyclic) bond motifs is 1. The predicted molar refractivity (Wildman–Crippen MR) is 96.0 cm³/mol. The number of aryl methyl sites for hydroxylation is 1. The highest BCUT2D eigenvalue weighted by Gasteiger charge is 2.21. The maximum atomic E-state index is 13.4. The van der Waals surface area contributed by atoms with Crippen LogP contribution in [0.15, 0.2) is 30.1 Å². The van der Waals surface area contributed by atoms with Gasteiger partial charge in [0.25, 0.3) is 5.78 Å². The van der Waals surface area contributed by atoms with Gasteiger partial charge in [-0.05, 0) is 44.4 Å². The number of anilines is 1. The summed E-state index contributed by atoms with van der Waals surface area (Å²) < 4.78 is 28.2. The van der Waals surface area contributed by atoms with Crippen LogP contribution in [-0.4, -0.2) is 32.7 Å². The Balaban J connectivity index is 1.57. The first kappa shape index (κ1) is 16.6. The lowest BCUT2D eigenvalue weighted by Crippen LogP contribution is -2.33. The summed E-state index contributed by atoms with van der Waals surface area (Å²) in [6, 6.07) is 4.01. The van der Waals surface area contributed by atoms with Crippen molar-refractivity contribution in [3.05, 3.63) is 58.6 Å². The van der Waals surface area contributed by atoms with Crippen LogP contribution in [-0.2, 0) is 0 Å². The Morgan fingerprint density at radius 3 is 2.58 bits per heavy atom. The Hall–Kier alpha value is -2.83. The summed E-state index contributed by atoms with van der Waals surface area (Å²) >= 11 is 0. The molecule has 26 heavy (non-hydrogen) atoms. The number of hydrogen-bond donors (Lipinski definition) is 0. The van der Waals surface area contributed by atoms with Crippen LogP contribution in [0.4, 0.5) is 14.6 Å². The summed E-state index contributed by atoms with van der Waals surface area (Å²) in [6.45, 7) is 5.68. The average Bonchev–Trinajstić information content (AvgIpc) is 3.08. The van der Waals surface area contributed by atoms with E-state index < -0.39 is 11.6 Å². The van der Waals surface area contributed by atoms with Gasteiger partial charge in [-0.3, -0.25) is 0 Å². The highest BCUT2D eigenvalue weighted by molar-refractivity contribution is 5.57. The number of halogens is 2. The van der Waals surface area contributed by atoms with E-state index in [9.17, 15) is 8.78 Å². The van der Waals surface area contributed by atoms with Gasteiger partial charge in [0.05, 0.1) is 0 Å².